The zero-order valence-corrected chi connectivity index (χ0v) is 15.5. The van der Waals surface area contributed by atoms with Gasteiger partial charge in [-0.2, -0.15) is 4.31 Å². The first kappa shape index (κ1) is 20.0. The van der Waals surface area contributed by atoms with Crippen molar-refractivity contribution in [1.82, 2.24) is 4.31 Å². The largest absolute Gasteiger partial charge is 0.395 e. The fourth-order valence-corrected chi connectivity index (χ4v) is 4.32. The molecule has 0 atom stereocenters. The molecule has 0 aliphatic heterocycles. The van der Waals surface area contributed by atoms with Crippen LogP contribution in [0.3, 0.4) is 0 Å². The molecule has 0 saturated heterocycles. The van der Waals surface area contributed by atoms with Crippen molar-refractivity contribution in [2.45, 2.75) is 4.90 Å². The number of nitrogens with one attached hydrogen (secondary N) is 1. The van der Waals surface area contributed by atoms with Crippen LogP contribution >= 0.6 is 23.2 Å². The first-order valence-electron chi connectivity index (χ1n) is 7.43. The number of para-hydroxylation sites is 2. The second-order valence-electron chi connectivity index (χ2n) is 5.07. The number of aliphatic hydroxyl groups is 2. The molecule has 0 fully saturated rings. The molecule has 25 heavy (non-hydrogen) atoms. The third-order valence-electron chi connectivity index (χ3n) is 3.43. The van der Waals surface area contributed by atoms with Gasteiger partial charge in [0, 0.05) is 13.1 Å². The Morgan fingerprint density at radius 1 is 0.920 bits per heavy atom. The highest BCUT2D eigenvalue weighted by molar-refractivity contribution is 7.89. The van der Waals surface area contributed by atoms with E-state index < -0.39 is 10.0 Å². The van der Waals surface area contributed by atoms with E-state index in [0.29, 0.717) is 21.4 Å². The number of rotatable bonds is 8. The van der Waals surface area contributed by atoms with E-state index >= 15 is 0 Å². The van der Waals surface area contributed by atoms with Crippen molar-refractivity contribution in [3.05, 3.63) is 52.5 Å². The maximum atomic E-state index is 12.9. The van der Waals surface area contributed by atoms with Gasteiger partial charge in [0.05, 0.1) is 34.6 Å². The summed E-state index contributed by atoms with van der Waals surface area (Å²) >= 11 is 12.3. The van der Waals surface area contributed by atoms with Crippen molar-refractivity contribution < 1.29 is 18.6 Å². The number of nitrogens with zero attached hydrogens (tertiary/aromatic N) is 1. The lowest BCUT2D eigenvalue weighted by Gasteiger charge is -2.22. The molecule has 0 heterocycles. The summed E-state index contributed by atoms with van der Waals surface area (Å²) in [6, 6.07) is 11.2. The molecule has 0 amide bonds. The van der Waals surface area contributed by atoms with Gasteiger partial charge in [0.25, 0.3) is 0 Å². The van der Waals surface area contributed by atoms with Gasteiger partial charge in [-0.25, -0.2) is 8.42 Å². The minimum atomic E-state index is -3.94. The predicted octanol–water partition coefficient (Wildman–Crippen LogP) is 2.71. The Kier molecular flexibility index (Phi) is 7.06. The highest BCUT2D eigenvalue weighted by Gasteiger charge is 2.26. The lowest BCUT2D eigenvalue weighted by Crippen LogP contribution is -2.36. The topological polar surface area (TPSA) is 89.9 Å². The number of benzene rings is 2. The molecule has 0 bridgehead atoms. The molecular formula is C16H18Cl2N2O4S. The summed E-state index contributed by atoms with van der Waals surface area (Å²) in [5.74, 6) is 0. The first-order chi connectivity index (χ1) is 11.9. The Morgan fingerprint density at radius 2 is 1.48 bits per heavy atom. The normalized spacial score (nSPS) is 11.7. The summed E-state index contributed by atoms with van der Waals surface area (Å²) in [4.78, 5) is -0.00659. The van der Waals surface area contributed by atoms with Crippen LogP contribution in [-0.2, 0) is 10.0 Å². The predicted molar refractivity (Wildman–Crippen MR) is 99.1 cm³/mol. The monoisotopic (exact) mass is 404 g/mol. The molecule has 136 valence electrons. The standard InChI is InChI=1S/C16H18Cl2N2O4S/c17-12-4-3-5-13(18)16(12)19-14-6-1-2-7-15(14)25(23,24)20(8-10-21)9-11-22/h1-7,19,21-22H,8-11H2. The molecule has 0 saturated carbocycles. The van der Waals surface area contributed by atoms with Crippen LogP contribution in [0.2, 0.25) is 10.0 Å². The van der Waals surface area contributed by atoms with Gasteiger partial charge < -0.3 is 15.5 Å². The van der Waals surface area contributed by atoms with E-state index in [1.807, 2.05) is 0 Å². The minimum Gasteiger partial charge on any atom is -0.395 e. The molecule has 9 heteroatoms. The maximum Gasteiger partial charge on any atom is 0.245 e. The number of hydrogen-bond acceptors (Lipinski definition) is 5. The molecule has 3 N–H and O–H groups in total. The summed E-state index contributed by atoms with van der Waals surface area (Å²) in [7, 11) is -3.94. The third kappa shape index (κ3) is 4.63. The lowest BCUT2D eigenvalue weighted by molar-refractivity contribution is 0.217. The lowest BCUT2D eigenvalue weighted by atomic mass is 10.2. The molecule has 0 aliphatic rings. The third-order valence-corrected chi connectivity index (χ3v) is 6.01. The minimum absolute atomic E-state index is 0.00659. The molecule has 2 rings (SSSR count). The van der Waals surface area contributed by atoms with Crippen LogP contribution in [0.5, 0.6) is 0 Å². The molecule has 0 radical (unpaired) electrons. The van der Waals surface area contributed by atoms with Crippen molar-refractivity contribution >= 4 is 44.6 Å². The molecule has 2 aromatic rings. The number of hydrogen-bond donors (Lipinski definition) is 3. The molecule has 0 spiro atoms. The molecular weight excluding hydrogens is 387 g/mol. The van der Waals surface area contributed by atoms with Gasteiger partial charge in [-0.15, -0.1) is 0 Å². The highest BCUT2D eigenvalue weighted by atomic mass is 35.5. The number of halogens is 2. The van der Waals surface area contributed by atoms with Crippen LogP contribution in [0, 0.1) is 0 Å². The fraction of sp³-hybridized carbons (Fsp3) is 0.250. The second kappa shape index (κ2) is 8.84. The van der Waals surface area contributed by atoms with E-state index in [9.17, 15) is 8.42 Å². The van der Waals surface area contributed by atoms with E-state index in [-0.39, 0.29) is 31.2 Å². The highest BCUT2D eigenvalue weighted by Crippen LogP contribution is 2.35. The zero-order valence-electron chi connectivity index (χ0n) is 13.2. The van der Waals surface area contributed by atoms with Crippen molar-refractivity contribution in [3.8, 4) is 0 Å². The molecule has 2 aromatic carbocycles. The summed E-state index contributed by atoms with van der Waals surface area (Å²) in [6.45, 7) is -0.954. The Bertz CT molecular complexity index is 804. The maximum absolute atomic E-state index is 12.9. The number of aliphatic hydroxyl groups excluding tert-OH is 2. The zero-order chi connectivity index (χ0) is 18.4. The van der Waals surface area contributed by atoms with Crippen molar-refractivity contribution in [3.63, 3.8) is 0 Å². The van der Waals surface area contributed by atoms with Crippen LogP contribution in [0.25, 0.3) is 0 Å². The average molecular weight is 405 g/mol. The Balaban J connectivity index is 2.47. The summed E-state index contributed by atoms with van der Waals surface area (Å²) in [5, 5.41) is 21.9. The van der Waals surface area contributed by atoms with E-state index in [1.165, 1.54) is 6.07 Å². The molecule has 0 aliphatic carbocycles. The summed E-state index contributed by atoms with van der Waals surface area (Å²) in [5.41, 5.74) is 0.683. The SMILES string of the molecule is O=S(=O)(c1ccccc1Nc1c(Cl)cccc1Cl)N(CCO)CCO. The Hall–Kier alpha value is -1.35. The van der Waals surface area contributed by atoms with Gasteiger partial charge >= 0.3 is 0 Å². The average Bonchev–Trinajstić information content (AvgIpc) is 2.58. The van der Waals surface area contributed by atoms with Crippen LogP contribution in [0.1, 0.15) is 0 Å². The smallest absolute Gasteiger partial charge is 0.245 e. The van der Waals surface area contributed by atoms with Gasteiger partial charge in [-0.1, -0.05) is 41.4 Å². The molecule has 6 nitrogen and oxygen atoms in total. The van der Waals surface area contributed by atoms with Crippen LogP contribution in [-0.4, -0.2) is 49.2 Å². The van der Waals surface area contributed by atoms with Gasteiger partial charge in [-0.05, 0) is 24.3 Å². The van der Waals surface area contributed by atoms with Crippen molar-refractivity contribution in [2.75, 3.05) is 31.6 Å². The first-order valence-corrected chi connectivity index (χ1v) is 9.63. The van der Waals surface area contributed by atoms with E-state index in [0.717, 1.165) is 4.31 Å². The summed E-state index contributed by atoms with van der Waals surface area (Å²) in [6.07, 6.45) is 0. The number of anilines is 2. The quantitative estimate of drug-likeness (QED) is 0.629. The van der Waals surface area contributed by atoms with Crippen molar-refractivity contribution in [2.24, 2.45) is 0 Å². The van der Waals surface area contributed by atoms with E-state index in [2.05, 4.69) is 5.32 Å². The summed E-state index contributed by atoms with van der Waals surface area (Å²) < 4.78 is 26.8. The van der Waals surface area contributed by atoms with Crippen molar-refractivity contribution in [1.29, 1.82) is 0 Å². The molecule has 0 aromatic heterocycles. The van der Waals surface area contributed by atoms with Crippen LogP contribution in [0.15, 0.2) is 47.4 Å². The van der Waals surface area contributed by atoms with Gasteiger partial charge in [-0.3, -0.25) is 0 Å². The van der Waals surface area contributed by atoms with Crippen LogP contribution in [0.4, 0.5) is 11.4 Å². The second-order valence-corrected chi connectivity index (χ2v) is 7.79. The molecule has 0 unspecified atom stereocenters. The van der Waals surface area contributed by atoms with Crippen LogP contribution < -0.4 is 5.32 Å². The van der Waals surface area contributed by atoms with E-state index in [1.54, 1.807) is 36.4 Å². The number of sulfonamides is 1. The van der Waals surface area contributed by atoms with Gasteiger partial charge in [0.15, 0.2) is 0 Å². The van der Waals surface area contributed by atoms with Gasteiger partial charge in [0.2, 0.25) is 10.0 Å². The van der Waals surface area contributed by atoms with Gasteiger partial charge in [0.1, 0.15) is 4.90 Å². The Labute approximate surface area is 156 Å². The fourth-order valence-electron chi connectivity index (χ4n) is 2.26. The van der Waals surface area contributed by atoms with E-state index in [4.69, 9.17) is 33.4 Å². The Morgan fingerprint density at radius 3 is 2.04 bits per heavy atom.